The van der Waals surface area contributed by atoms with Gasteiger partial charge in [0, 0.05) is 18.2 Å². The molecule has 0 saturated heterocycles. The van der Waals surface area contributed by atoms with Crippen LogP contribution in [-0.4, -0.2) is 4.92 Å². The highest BCUT2D eigenvalue weighted by atomic mass is 16.6. The Balaban J connectivity index is 2.19. The van der Waals surface area contributed by atoms with E-state index in [0.29, 0.717) is 5.56 Å². The van der Waals surface area contributed by atoms with Crippen LogP contribution in [0.3, 0.4) is 0 Å². The van der Waals surface area contributed by atoms with Crippen molar-refractivity contribution in [3.05, 3.63) is 75.8 Å². The Hall–Kier alpha value is -2.71. The first-order valence-electron chi connectivity index (χ1n) is 6.57. The zero-order valence-electron chi connectivity index (χ0n) is 11.6. The van der Waals surface area contributed by atoms with Gasteiger partial charge in [-0.05, 0) is 18.1 Å². The molecule has 2 aromatic rings. The SMILES string of the molecule is CC(NC(C#N)c1cccc([N+](=O)[O-])c1)c1ccccc1. The van der Waals surface area contributed by atoms with Crippen molar-refractivity contribution in [1.82, 2.24) is 5.32 Å². The summed E-state index contributed by atoms with van der Waals surface area (Å²) in [6.45, 7) is 1.96. The molecule has 0 aliphatic rings. The van der Waals surface area contributed by atoms with E-state index in [9.17, 15) is 15.4 Å². The first kappa shape index (κ1) is 14.7. The van der Waals surface area contributed by atoms with Gasteiger partial charge in [0.25, 0.3) is 5.69 Å². The lowest BCUT2D eigenvalue weighted by Gasteiger charge is -2.18. The number of nitrogens with one attached hydrogen (secondary N) is 1. The Morgan fingerprint density at radius 3 is 2.43 bits per heavy atom. The van der Waals surface area contributed by atoms with Crippen LogP contribution >= 0.6 is 0 Å². The summed E-state index contributed by atoms with van der Waals surface area (Å²) in [5.41, 5.74) is 1.64. The molecule has 0 spiro atoms. The predicted molar refractivity (Wildman–Crippen MR) is 79.4 cm³/mol. The molecule has 2 aromatic carbocycles. The molecule has 0 heterocycles. The minimum atomic E-state index is -0.597. The molecule has 0 saturated carbocycles. The van der Waals surface area contributed by atoms with Crippen LogP contribution < -0.4 is 5.32 Å². The predicted octanol–water partition coefficient (Wildman–Crippen LogP) is 3.51. The Bertz CT molecular complexity index is 665. The van der Waals surface area contributed by atoms with Crippen LogP contribution in [0.5, 0.6) is 0 Å². The minimum absolute atomic E-state index is 0.0121. The number of hydrogen-bond donors (Lipinski definition) is 1. The summed E-state index contributed by atoms with van der Waals surface area (Å²) in [7, 11) is 0. The quantitative estimate of drug-likeness (QED) is 0.672. The number of non-ortho nitro benzene ring substituents is 1. The van der Waals surface area contributed by atoms with Gasteiger partial charge in [0.2, 0.25) is 0 Å². The summed E-state index contributed by atoms with van der Waals surface area (Å²) in [6, 6.07) is 17.4. The molecule has 1 N–H and O–H groups in total. The maximum Gasteiger partial charge on any atom is 0.269 e. The molecule has 5 heteroatoms. The molecular formula is C16H15N3O2. The van der Waals surface area contributed by atoms with Crippen LogP contribution in [0.15, 0.2) is 54.6 Å². The topological polar surface area (TPSA) is 79.0 Å². The second-order valence-corrected chi connectivity index (χ2v) is 4.71. The van der Waals surface area contributed by atoms with E-state index in [1.807, 2.05) is 37.3 Å². The van der Waals surface area contributed by atoms with Crippen LogP contribution in [-0.2, 0) is 0 Å². The minimum Gasteiger partial charge on any atom is -0.292 e. The van der Waals surface area contributed by atoms with Crippen molar-refractivity contribution in [3.8, 4) is 6.07 Å². The third kappa shape index (κ3) is 3.65. The third-order valence-electron chi connectivity index (χ3n) is 3.26. The summed E-state index contributed by atoms with van der Waals surface area (Å²) in [6.07, 6.45) is 0. The third-order valence-corrected chi connectivity index (χ3v) is 3.26. The largest absolute Gasteiger partial charge is 0.292 e. The van der Waals surface area contributed by atoms with Crippen LogP contribution in [0.2, 0.25) is 0 Å². The first-order chi connectivity index (χ1) is 10.1. The van der Waals surface area contributed by atoms with E-state index >= 15 is 0 Å². The van der Waals surface area contributed by atoms with E-state index < -0.39 is 11.0 Å². The molecule has 0 fully saturated rings. The normalized spacial score (nSPS) is 13.1. The zero-order chi connectivity index (χ0) is 15.2. The van der Waals surface area contributed by atoms with Gasteiger partial charge in [-0.25, -0.2) is 0 Å². The van der Waals surface area contributed by atoms with Crippen LogP contribution in [0.4, 0.5) is 5.69 Å². The second-order valence-electron chi connectivity index (χ2n) is 4.71. The van der Waals surface area contributed by atoms with Crippen LogP contribution in [0, 0.1) is 21.4 Å². The number of nitro groups is 1. The molecule has 106 valence electrons. The number of rotatable bonds is 5. The summed E-state index contributed by atoms with van der Waals surface area (Å²) in [5.74, 6) is 0. The molecule has 5 nitrogen and oxygen atoms in total. The van der Waals surface area contributed by atoms with Gasteiger partial charge in [-0.2, -0.15) is 5.26 Å². The van der Waals surface area contributed by atoms with Crippen LogP contribution in [0.1, 0.15) is 30.1 Å². The highest BCUT2D eigenvalue weighted by Gasteiger charge is 2.17. The van der Waals surface area contributed by atoms with Gasteiger partial charge in [-0.3, -0.25) is 15.4 Å². The van der Waals surface area contributed by atoms with Gasteiger partial charge in [-0.15, -0.1) is 0 Å². The molecule has 0 radical (unpaired) electrons. The van der Waals surface area contributed by atoms with E-state index in [1.54, 1.807) is 12.1 Å². The highest BCUT2D eigenvalue weighted by Crippen LogP contribution is 2.22. The Morgan fingerprint density at radius 2 is 1.81 bits per heavy atom. The number of nitrogens with zero attached hydrogens (tertiary/aromatic N) is 2. The van der Waals surface area contributed by atoms with Crippen LogP contribution in [0.25, 0.3) is 0 Å². The number of nitriles is 1. The Morgan fingerprint density at radius 1 is 1.14 bits per heavy atom. The molecule has 2 rings (SSSR count). The fraction of sp³-hybridized carbons (Fsp3) is 0.188. The number of benzene rings is 2. The highest BCUT2D eigenvalue weighted by molar-refractivity contribution is 5.37. The van der Waals surface area contributed by atoms with E-state index in [1.165, 1.54) is 12.1 Å². The first-order valence-corrected chi connectivity index (χ1v) is 6.57. The molecular weight excluding hydrogens is 266 g/mol. The van der Waals surface area contributed by atoms with Crippen molar-refractivity contribution in [3.63, 3.8) is 0 Å². The lowest BCUT2D eigenvalue weighted by Crippen LogP contribution is -2.23. The molecule has 2 atom stereocenters. The summed E-state index contributed by atoms with van der Waals surface area (Å²) >= 11 is 0. The molecule has 0 amide bonds. The van der Waals surface area contributed by atoms with Gasteiger partial charge in [0.05, 0.1) is 11.0 Å². The average molecular weight is 281 g/mol. The van der Waals surface area contributed by atoms with Gasteiger partial charge in [0.1, 0.15) is 6.04 Å². The number of hydrogen-bond acceptors (Lipinski definition) is 4. The fourth-order valence-electron chi connectivity index (χ4n) is 2.11. The molecule has 21 heavy (non-hydrogen) atoms. The average Bonchev–Trinajstić information content (AvgIpc) is 2.53. The van der Waals surface area contributed by atoms with Gasteiger partial charge in [-0.1, -0.05) is 42.5 Å². The number of nitro benzene ring substituents is 1. The summed E-state index contributed by atoms with van der Waals surface area (Å²) in [4.78, 5) is 10.4. The van der Waals surface area contributed by atoms with Crippen molar-refractivity contribution >= 4 is 5.69 Å². The Kier molecular flexibility index (Phi) is 4.64. The molecule has 0 aromatic heterocycles. The molecule has 0 aliphatic carbocycles. The van der Waals surface area contributed by atoms with Crippen molar-refractivity contribution in [1.29, 1.82) is 5.26 Å². The summed E-state index contributed by atoms with van der Waals surface area (Å²) < 4.78 is 0. The monoisotopic (exact) mass is 281 g/mol. The van der Waals surface area contributed by atoms with Gasteiger partial charge in [0.15, 0.2) is 0 Å². The lowest BCUT2D eigenvalue weighted by molar-refractivity contribution is -0.384. The maximum absolute atomic E-state index is 10.8. The smallest absolute Gasteiger partial charge is 0.269 e. The lowest BCUT2D eigenvalue weighted by atomic mass is 10.0. The van der Waals surface area contributed by atoms with Gasteiger partial charge >= 0.3 is 0 Å². The molecule has 2 unspecified atom stereocenters. The molecule has 0 aliphatic heterocycles. The zero-order valence-corrected chi connectivity index (χ0v) is 11.6. The van der Waals surface area contributed by atoms with Crippen molar-refractivity contribution in [2.75, 3.05) is 0 Å². The van der Waals surface area contributed by atoms with E-state index in [2.05, 4.69) is 11.4 Å². The standard InChI is InChI=1S/C16H15N3O2/c1-12(13-6-3-2-4-7-13)18-16(11-17)14-8-5-9-15(10-14)19(20)21/h2-10,12,16,18H,1H3. The molecule has 0 bridgehead atoms. The summed E-state index contributed by atoms with van der Waals surface area (Å²) in [5, 5.41) is 23.3. The van der Waals surface area contributed by atoms with E-state index in [0.717, 1.165) is 5.56 Å². The van der Waals surface area contributed by atoms with E-state index in [4.69, 9.17) is 0 Å². The van der Waals surface area contributed by atoms with Gasteiger partial charge < -0.3 is 0 Å². The van der Waals surface area contributed by atoms with Crippen molar-refractivity contribution in [2.24, 2.45) is 0 Å². The maximum atomic E-state index is 10.8. The van der Waals surface area contributed by atoms with E-state index in [-0.39, 0.29) is 11.7 Å². The van der Waals surface area contributed by atoms with Crippen molar-refractivity contribution < 1.29 is 4.92 Å². The van der Waals surface area contributed by atoms with Crippen molar-refractivity contribution in [2.45, 2.75) is 19.0 Å². The fourth-order valence-corrected chi connectivity index (χ4v) is 2.11. The second kappa shape index (κ2) is 6.64. The Labute approximate surface area is 123 Å².